The monoisotopic (exact) mass is 239 g/mol. The molecule has 0 saturated carbocycles. The second-order valence-corrected chi connectivity index (χ2v) is 3.24. The highest BCUT2D eigenvalue weighted by Crippen LogP contribution is 2.19. The maximum atomic E-state index is 12.9. The Labute approximate surface area is 81.3 Å². The van der Waals surface area contributed by atoms with E-state index in [9.17, 15) is 4.39 Å². The predicted octanol–water partition coefficient (Wildman–Crippen LogP) is 2.34. The molecule has 2 aromatic rings. The molecule has 1 N–H and O–H groups in total. The van der Waals surface area contributed by atoms with E-state index >= 15 is 0 Å². The number of hydrogen-bond donors (Lipinski definition) is 1. The Kier molecular flexibility index (Phi) is 1.78. The van der Waals surface area contributed by atoms with Crippen LogP contribution in [0.5, 0.6) is 0 Å². The number of nitriles is 1. The molecule has 0 unspecified atom stereocenters. The molecule has 0 saturated heterocycles. The van der Waals surface area contributed by atoms with Gasteiger partial charge in [0.2, 0.25) is 0 Å². The zero-order valence-electron chi connectivity index (χ0n) is 6.31. The molecule has 3 nitrogen and oxygen atoms in total. The van der Waals surface area contributed by atoms with Crippen molar-refractivity contribution in [1.82, 2.24) is 9.97 Å². The van der Waals surface area contributed by atoms with Gasteiger partial charge in [-0.25, -0.2) is 9.37 Å². The SMILES string of the molecule is N#Cc1cc(F)cc2[nH]c(Br)nc12. The number of aromatic nitrogens is 2. The number of nitrogens with zero attached hydrogens (tertiary/aromatic N) is 2. The molecule has 1 heterocycles. The van der Waals surface area contributed by atoms with E-state index in [0.717, 1.165) is 6.07 Å². The molecule has 13 heavy (non-hydrogen) atoms. The highest BCUT2D eigenvalue weighted by molar-refractivity contribution is 9.10. The molecule has 2 rings (SSSR count). The van der Waals surface area contributed by atoms with Gasteiger partial charge in [0.05, 0.1) is 11.1 Å². The van der Waals surface area contributed by atoms with E-state index in [1.807, 2.05) is 6.07 Å². The smallest absolute Gasteiger partial charge is 0.175 e. The number of H-pyrrole nitrogens is 1. The minimum absolute atomic E-state index is 0.233. The van der Waals surface area contributed by atoms with E-state index in [0.29, 0.717) is 15.8 Å². The second-order valence-electron chi connectivity index (χ2n) is 2.49. The maximum Gasteiger partial charge on any atom is 0.175 e. The fraction of sp³-hybridized carbons (Fsp3) is 0. The van der Waals surface area contributed by atoms with Crippen LogP contribution < -0.4 is 0 Å². The third-order valence-corrected chi connectivity index (χ3v) is 2.02. The van der Waals surface area contributed by atoms with E-state index in [-0.39, 0.29) is 5.56 Å². The quantitative estimate of drug-likeness (QED) is 0.768. The van der Waals surface area contributed by atoms with Gasteiger partial charge in [0.25, 0.3) is 0 Å². The maximum absolute atomic E-state index is 12.9. The molecule has 0 aliphatic carbocycles. The van der Waals surface area contributed by atoms with Gasteiger partial charge in [-0.05, 0) is 28.1 Å². The Bertz CT molecular complexity index is 512. The Morgan fingerprint density at radius 2 is 2.31 bits per heavy atom. The zero-order chi connectivity index (χ0) is 9.42. The number of halogens is 2. The lowest BCUT2D eigenvalue weighted by molar-refractivity contribution is 0.629. The standard InChI is InChI=1S/C8H3BrFN3/c9-8-12-6-2-5(10)1-4(3-11)7(6)13-8/h1-2H,(H,12,13). The van der Waals surface area contributed by atoms with E-state index in [2.05, 4.69) is 25.9 Å². The van der Waals surface area contributed by atoms with Crippen molar-refractivity contribution in [3.8, 4) is 6.07 Å². The number of fused-ring (bicyclic) bond motifs is 1. The Morgan fingerprint density at radius 1 is 1.54 bits per heavy atom. The Morgan fingerprint density at radius 3 is 3.00 bits per heavy atom. The first-order chi connectivity index (χ1) is 6.20. The van der Waals surface area contributed by atoms with E-state index in [1.165, 1.54) is 6.07 Å². The molecule has 0 spiro atoms. The molecule has 1 aromatic carbocycles. The molecule has 0 bridgehead atoms. The first-order valence-corrected chi connectivity index (χ1v) is 4.25. The van der Waals surface area contributed by atoms with Crippen LogP contribution in [-0.2, 0) is 0 Å². The largest absolute Gasteiger partial charge is 0.332 e. The van der Waals surface area contributed by atoms with Crippen molar-refractivity contribution in [2.24, 2.45) is 0 Å². The molecule has 1 aromatic heterocycles. The Balaban J connectivity index is 2.90. The molecule has 0 aliphatic rings. The van der Waals surface area contributed by atoms with Crippen molar-refractivity contribution < 1.29 is 4.39 Å². The van der Waals surface area contributed by atoms with Crippen molar-refractivity contribution in [1.29, 1.82) is 5.26 Å². The molecule has 0 atom stereocenters. The summed E-state index contributed by atoms with van der Waals surface area (Å²) in [6, 6.07) is 4.34. The van der Waals surface area contributed by atoms with Gasteiger partial charge < -0.3 is 4.98 Å². The molecule has 0 aliphatic heterocycles. The minimum atomic E-state index is -0.444. The second kappa shape index (κ2) is 2.82. The number of hydrogen-bond acceptors (Lipinski definition) is 2. The summed E-state index contributed by atoms with van der Waals surface area (Å²) in [5.41, 5.74) is 1.23. The van der Waals surface area contributed by atoms with Gasteiger partial charge in [-0.15, -0.1) is 0 Å². The van der Waals surface area contributed by atoms with Gasteiger partial charge in [0.15, 0.2) is 4.73 Å². The third-order valence-electron chi connectivity index (χ3n) is 1.64. The number of imidazole rings is 1. The summed E-state index contributed by atoms with van der Waals surface area (Å²) in [6.45, 7) is 0. The number of benzene rings is 1. The molecule has 5 heteroatoms. The van der Waals surface area contributed by atoms with Gasteiger partial charge in [-0.1, -0.05) is 0 Å². The van der Waals surface area contributed by atoms with E-state index in [4.69, 9.17) is 5.26 Å². The van der Waals surface area contributed by atoms with Crippen LogP contribution in [-0.4, -0.2) is 9.97 Å². The minimum Gasteiger partial charge on any atom is -0.332 e. The summed E-state index contributed by atoms with van der Waals surface area (Å²) in [5, 5.41) is 8.68. The van der Waals surface area contributed by atoms with Crippen molar-refractivity contribution >= 4 is 27.0 Å². The van der Waals surface area contributed by atoms with Crippen LogP contribution in [0.1, 0.15) is 5.56 Å². The normalized spacial score (nSPS) is 10.2. The number of nitrogens with one attached hydrogen (secondary N) is 1. The van der Waals surface area contributed by atoms with Crippen molar-refractivity contribution in [3.05, 3.63) is 28.2 Å². The van der Waals surface area contributed by atoms with Crippen LogP contribution in [0, 0.1) is 17.1 Å². The first kappa shape index (κ1) is 8.20. The summed E-state index contributed by atoms with van der Waals surface area (Å²) in [4.78, 5) is 6.79. The highest BCUT2D eigenvalue weighted by atomic mass is 79.9. The summed E-state index contributed by atoms with van der Waals surface area (Å²) in [7, 11) is 0. The van der Waals surface area contributed by atoms with Crippen LogP contribution in [0.2, 0.25) is 0 Å². The van der Waals surface area contributed by atoms with Crippen molar-refractivity contribution in [2.75, 3.05) is 0 Å². The van der Waals surface area contributed by atoms with Crippen LogP contribution in [0.25, 0.3) is 11.0 Å². The fourth-order valence-electron chi connectivity index (χ4n) is 1.14. The average molecular weight is 240 g/mol. The molecule has 0 radical (unpaired) electrons. The van der Waals surface area contributed by atoms with Crippen LogP contribution >= 0.6 is 15.9 Å². The third kappa shape index (κ3) is 1.29. The van der Waals surface area contributed by atoms with Gasteiger partial charge in [-0.3, -0.25) is 0 Å². The molecule has 64 valence electrons. The van der Waals surface area contributed by atoms with Crippen LogP contribution in [0.15, 0.2) is 16.9 Å². The number of aromatic amines is 1. The lowest BCUT2D eigenvalue weighted by Gasteiger charge is -1.91. The lowest BCUT2D eigenvalue weighted by Crippen LogP contribution is -1.81. The average Bonchev–Trinajstić information content (AvgIpc) is 2.43. The van der Waals surface area contributed by atoms with Crippen LogP contribution in [0.3, 0.4) is 0 Å². The van der Waals surface area contributed by atoms with E-state index in [1.54, 1.807) is 0 Å². The summed E-state index contributed by atoms with van der Waals surface area (Å²) < 4.78 is 13.4. The van der Waals surface area contributed by atoms with Gasteiger partial charge in [0, 0.05) is 0 Å². The molecule has 0 fully saturated rings. The number of rotatable bonds is 0. The lowest BCUT2D eigenvalue weighted by atomic mass is 10.2. The first-order valence-electron chi connectivity index (χ1n) is 3.45. The summed E-state index contributed by atoms with van der Waals surface area (Å²) in [5.74, 6) is -0.444. The van der Waals surface area contributed by atoms with Crippen LogP contribution in [0.4, 0.5) is 4.39 Å². The highest BCUT2D eigenvalue weighted by Gasteiger charge is 2.07. The zero-order valence-corrected chi connectivity index (χ0v) is 7.89. The predicted molar refractivity (Wildman–Crippen MR) is 48.5 cm³/mol. The fourth-order valence-corrected chi connectivity index (χ4v) is 1.53. The van der Waals surface area contributed by atoms with Crippen molar-refractivity contribution in [2.45, 2.75) is 0 Å². The summed E-state index contributed by atoms with van der Waals surface area (Å²) in [6.07, 6.45) is 0. The van der Waals surface area contributed by atoms with Gasteiger partial charge in [-0.2, -0.15) is 5.26 Å². The van der Waals surface area contributed by atoms with E-state index < -0.39 is 5.82 Å². The molecule has 0 amide bonds. The molecular weight excluding hydrogens is 237 g/mol. The summed E-state index contributed by atoms with van der Waals surface area (Å²) >= 11 is 3.11. The van der Waals surface area contributed by atoms with Gasteiger partial charge >= 0.3 is 0 Å². The molecular formula is C8H3BrFN3. The topological polar surface area (TPSA) is 52.5 Å². The van der Waals surface area contributed by atoms with Crippen molar-refractivity contribution in [3.63, 3.8) is 0 Å². The Hall–Kier alpha value is -1.41. The van der Waals surface area contributed by atoms with Gasteiger partial charge in [0.1, 0.15) is 17.4 Å².